The summed E-state index contributed by atoms with van der Waals surface area (Å²) >= 11 is 0. The summed E-state index contributed by atoms with van der Waals surface area (Å²) in [6.45, 7) is 8.53. The van der Waals surface area contributed by atoms with Crippen molar-refractivity contribution in [2.45, 2.75) is 33.2 Å². The maximum atomic E-state index is 5.52. The molecule has 0 aliphatic carbocycles. The summed E-state index contributed by atoms with van der Waals surface area (Å²) in [4.78, 5) is 4.21. The van der Waals surface area contributed by atoms with Gasteiger partial charge in [0.1, 0.15) is 0 Å². The van der Waals surface area contributed by atoms with Crippen LogP contribution in [-0.4, -0.2) is 46.0 Å². The molecule has 23 heavy (non-hydrogen) atoms. The number of nitrogens with one attached hydrogen (secondary N) is 2. The van der Waals surface area contributed by atoms with Crippen LogP contribution in [0.15, 0.2) is 29.3 Å². The smallest absolute Gasteiger partial charge is 0.191 e. The Morgan fingerprint density at radius 1 is 1.04 bits per heavy atom. The molecule has 0 aromatic heterocycles. The molecule has 0 bridgehead atoms. The van der Waals surface area contributed by atoms with Gasteiger partial charge in [0.2, 0.25) is 0 Å². The van der Waals surface area contributed by atoms with E-state index in [1.807, 2.05) is 0 Å². The number of unbranched alkanes of at least 4 members (excludes halogenated alkanes) is 1. The number of hydrogen-bond donors (Lipinski definition) is 2. The summed E-state index contributed by atoms with van der Waals surface area (Å²) in [5.74, 6) is 0.788. The predicted octanol–water partition coefficient (Wildman–Crippen LogP) is 2.49. The van der Waals surface area contributed by atoms with Crippen molar-refractivity contribution in [1.29, 1.82) is 0 Å². The fraction of sp³-hybridized carbons (Fsp3) is 0.611. The van der Waals surface area contributed by atoms with Gasteiger partial charge in [-0.3, -0.25) is 4.99 Å². The fourth-order valence-electron chi connectivity index (χ4n) is 2.02. The van der Waals surface area contributed by atoms with Crippen molar-refractivity contribution in [3.63, 3.8) is 0 Å². The fourth-order valence-corrected chi connectivity index (χ4v) is 2.02. The number of guanidine groups is 1. The maximum Gasteiger partial charge on any atom is 0.191 e. The average molecular weight is 321 g/mol. The lowest BCUT2D eigenvalue weighted by atomic mass is 10.1. The van der Waals surface area contributed by atoms with E-state index in [0.717, 1.165) is 32.1 Å². The van der Waals surface area contributed by atoms with Gasteiger partial charge in [0.05, 0.1) is 19.8 Å². The van der Waals surface area contributed by atoms with Gasteiger partial charge in [-0.25, -0.2) is 0 Å². The Morgan fingerprint density at radius 3 is 2.48 bits per heavy atom. The Kier molecular flexibility index (Phi) is 10.9. The summed E-state index contributed by atoms with van der Waals surface area (Å²) in [6, 6.07) is 8.34. The lowest BCUT2D eigenvalue weighted by Gasteiger charge is -2.13. The lowest BCUT2D eigenvalue weighted by Crippen LogP contribution is -2.38. The van der Waals surface area contributed by atoms with Gasteiger partial charge in [-0.1, -0.05) is 37.6 Å². The first-order valence-corrected chi connectivity index (χ1v) is 8.42. The SMILES string of the molecule is CCCCOCCOCCNC(=NC)NCc1ccccc1C. The van der Waals surface area contributed by atoms with E-state index in [9.17, 15) is 0 Å². The third-order valence-corrected chi connectivity index (χ3v) is 3.48. The molecule has 0 saturated heterocycles. The zero-order valence-electron chi connectivity index (χ0n) is 14.7. The molecule has 0 heterocycles. The quantitative estimate of drug-likeness (QED) is 0.373. The Morgan fingerprint density at radius 2 is 1.78 bits per heavy atom. The van der Waals surface area contributed by atoms with E-state index in [-0.39, 0.29) is 0 Å². The largest absolute Gasteiger partial charge is 0.379 e. The Bertz CT molecular complexity index is 450. The first kappa shape index (κ1) is 19.5. The predicted molar refractivity (Wildman–Crippen MR) is 95.9 cm³/mol. The van der Waals surface area contributed by atoms with Crippen molar-refractivity contribution < 1.29 is 9.47 Å². The van der Waals surface area contributed by atoms with E-state index in [4.69, 9.17) is 9.47 Å². The highest BCUT2D eigenvalue weighted by atomic mass is 16.5. The molecule has 1 aromatic carbocycles. The van der Waals surface area contributed by atoms with E-state index < -0.39 is 0 Å². The minimum Gasteiger partial charge on any atom is -0.379 e. The van der Waals surface area contributed by atoms with Gasteiger partial charge < -0.3 is 20.1 Å². The second-order valence-electron chi connectivity index (χ2n) is 5.36. The van der Waals surface area contributed by atoms with Crippen LogP contribution in [0.3, 0.4) is 0 Å². The van der Waals surface area contributed by atoms with E-state index in [1.54, 1.807) is 7.05 Å². The molecular weight excluding hydrogens is 290 g/mol. The van der Waals surface area contributed by atoms with E-state index >= 15 is 0 Å². The molecule has 0 aliphatic heterocycles. The second-order valence-corrected chi connectivity index (χ2v) is 5.36. The van der Waals surface area contributed by atoms with Crippen LogP contribution in [0.2, 0.25) is 0 Å². The van der Waals surface area contributed by atoms with Crippen LogP contribution in [0.4, 0.5) is 0 Å². The van der Waals surface area contributed by atoms with E-state index in [2.05, 4.69) is 53.7 Å². The van der Waals surface area contributed by atoms with Crippen LogP contribution in [-0.2, 0) is 16.0 Å². The molecule has 0 fully saturated rings. The van der Waals surface area contributed by atoms with Gasteiger partial charge in [0.15, 0.2) is 5.96 Å². The van der Waals surface area contributed by atoms with E-state index in [0.29, 0.717) is 19.8 Å². The molecule has 0 amide bonds. The van der Waals surface area contributed by atoms with Crippen molar-refractivity contribution in [3.8, 4) is 0 Å². The van der Waals surface area contributed by atoms with Crippen LogP contribution in [0, 0.1) is 6.92 Å². The molecule has 0 spiro atoms. The highest BCUT2D eigenvalue weighted by molar-refractivity contribution is 5.79. The second kappa shape index (κ2) is 12.9. The molecule has 5 nitrogen and oxygen atoms in total. The zero-order chi connectivity index (χ0) is 16.8. The first-order valence-electron chi connectivity index (χ1n) is 8.42. The van der Waals surface area contributed by atoms with Crippen molar-refractivity contribution in [2.24, 2.45) is 4.99 Å². The highest BCUT2D eigenvalue weighted by Gasteiger charge is 2.00. The molecule has 0 aliphatic rings. The number of ether oxygens (including phenoxy) is 2. The Balaban J connectivity index is 2.07. The molecule has 5 heteroatoms. The van der Waals surface area contributed by atoms with Gasteiger partial charge in [0.25, 0.3) is 0 Å². The third-order valence-electron chi connectivity index (χ3n) is 3.48. The Hall–Kier alpha value is -1.59. The first-order chi connectivity index (χ1) is 11.3. The van der Waals surface area contributed by atoms with Crippen LogP contribution < -0.4 is 10.6 Å². The summed E-state index contributed by atoms with van der Waals surface area (Å²) in [5.41, 5.74) is 2.55. The molecule has 2 N–H and O–H groups in total. The van der Waals surface area contributed by atoms with Crippen molar-refractivity contribution in [1.82, 2.24) is 10.6 Å². The number of aryl methyl sites for hydroxylation is 1. The van der Waals surface area contributed by atoms with Crippen molar-refractivity contribution >= 4 is 5.96 Å². The Labute approximate surface area is 140 Å². The molecule has 0 radical (unpaired) electrons. The summed E-state index contributed by atoms with van der Waals surface area (Å²) in [6.07, 6.45) is 2.28. The van der Waals surface area contributed by atoms with Gasteiger partial charge in [-0.15, -0.1) is 0 Å². The van der Waals surface area contributed by atoms with Gasteiger partial charge >= 0.3 is 0 Å². The molecule has 0 saturated carbocycles. The molecule has 130 valence electrons. The minimum absolute atomic E-state index is 0.640. The van der Waals surface area contributed by atoms with Crippen LogP contribution in [0.25, 0.3) is 0 Å². The summed E-state index contributed by atoms with van der Waals surface area (Å²) < 4.78 is 11.0. The molecule has 0 unspecified atom stereocenters. The summed E-state index contributed by atoms with van der Waals surface area (Å²) in [5, 5.41) is 6.55. The monoisotopic (exact) mass is 321 g/mol. The van der Waals surface area contributed by atoms with Crippen LogP contribution in [0.5, 0.6) is 0 Å². The molecular formula is C18H31N3O2. The standard InChI is InChI=1S/C18H31N3O2/c1-4-5-11-22-13-14-23-12-10-20-18(19-3)21-15-17-9-7-6-8-16(17)2/h6-9H,4-5,10-15H2,1-3H3,(H2,19,20,21). The van der Waals surface area contributed by atoms with Crippen LogP contribution >= 0.6 is 0 Å². The van der Waals surface area contributed by atoms with Crippen molar-refractivity contribution in [2.75, 3.05) is 40.0 Å². The van der Waals surface area contributed by atoms with Gasteiger partial charge in [-0.2, -0.15) is 0 Å². The highest BCUT2D eigenvalue weighted by Crippen LogP contribution is 2.05. The van der Waals surface area contributed by atoms with E-state index in [1.165, 1.54) is 17.5 Å². The van der Waals surface area contributed by atoms with Gasteiger partial charge in [0, 0.05) is 26.7 Å². The van der Waals surface area contributed by atoms with Crippen molar-refractivity contribution in [3.05, 3.63) is 35.4 Å². The van der Waals surface area contributed by atoms with Crippen LogP contribution in [0.1, 0.15) is 30.9 Å². The zero-order valence-corrected chi connectivity index (χ0v) is 14.7. The number of aliphatic imine (C=N–C) groups is 1. The van der Waals surface area contributed by atoms with Gasteiger partial charge in [-0.05, 0) is 24.5 Å². The maximum absolute atomic E-state index is 5.52. The number of rotatable bonds is 11. The normalized spacial score (nSPS) is 11.5. The molecule has 1 aromatic rings. The average Bonchev–Trinajstić information content (AvgIpc) is 2.57. The molecule has 1 rings (SSSR count). The topological polar surface area (TPSA) is 54.9 Å². The third kappa shape index (κ3) is 9.21. The number of nitrogens with zero attached hydrogens (tertiary/aromatic N) is 1. The molecule has 0 atom stereocenters. The summed E-state index contributed by atoms with van der Waals surface area (Å²) in [7, 11) is 1.77. The lowest BCUT2D eigenvalue weighted by molar-refractivity contribution is 0.0487. The number of benzene rings is 1. The number of hydrogen-bond acceptors (Lipinski definition) is 3. The minimum atomic E-state index is 0.640.